The molecule has 1 N–H and O–H groups in total. The van der Waals surface area contributed by atoms with E-state index in [2.05, 4.69) is 10.3 Å². The summed E-state index contributed by atoms with van der Waals surface area (Å²) in [5.74, 6) is -0.0664. The highest BCUT2D eigenvalue weighted by Gasteiger charge is 2.26. The third-order valence-electron chi connectivity index (χ3n) is 4.30. The summed E-state index contributed by atoms with van der Waals surface area (Å²) in [5.41, 5.74) is 0. The second kappa shape index (κ2) is 11.0. The van der Waals surface area contributed by atoms with E-state index in [0.29, 0.717) is 37.9 Å². The molecule has 0 aromatic carbocycles. The van der Waals surface area contributed by atoms with Gasteiger partial charge in [-0.2, -0.15) is 4.31 Å². The van der Waals surface area contributed by atoms with E-state index in [-0.39, 0.29) is 16.1 Å². The molecule has 2 heterocycles. The maximum atomic E-state index is 12.6. The molecule has 27 heavy (non-hydrogen) atoms. The van der Waals surface area contributed by atoms with Crippen molar-refractivity contribution in [2.45, 2.75) is 54.7 Å². The maximum Gasteiger partial charge on any atom is 0.244 e. The maximum absolute atomic E-state index is 12.6. The van der Waals surface area contributed by atoms with Crippen molar-refractivity contribution >= 4 is 27.7 Å². The molecule has 9 heteroatoms. The Bertz CT molecular complexity index is 689. The number of hydrogen-bond acceptors (Lipinski definition) is 6. The summed E-state index contributed by atoms with van der Waals surface area (Å²) >= 11 is 1.31. The molecule has 0 radical (unpaired) electrons. The standard InChI is InChI=1S/C18H29N3O4S2/c1-3-25-13-7-10-19-18(22)15(2)26-17-9-8-16(14-20-17)27(23,24)21-11-5-4-6-12-21/h8-9,14-15H,3-7,10-13H2,1-2H3,(H,19,22). The first-order valence-corrected chi connectivity index (χ1v) is 11.8. The molecule has 1 saturated heterocycles. The lowest BCUT2D eigenvalue weighted by atomic mass is 10.2. The number of carbonyl (C=O) groups is 1. The minimum absolute atomic E-state index is 0.0664. The summed E-state index contributed by atoms with van der Waals surface area (Å²) in [4.78, 5) is 16.6. The van der Waals surface area contributed by atoms with Crippen molar-refractivity contribution in [3.63, 3.8) is 0 Å². The summed E-state index contributed by atoms with van der Waals surface area (Å²) in [7, 11) is -3.47. The van der Waals surface area contributed by atoms with Crippen LogP contribution in [0.15, 0.2) is 28.3 Å². The smallest absolute Gasteiger partial charge is 0.244 e. The molecule has 1 aliphatic rings. The summed E-state index contributed by atoms with van der Waals surface area (Å²) in [6, 6.07) is 3.24. The molecule has 1 fully saturated rings. The van der Waals surface area contributed by atoms with E-state index < -0.39 is 10.0 Å². The highest BCUT2D eigenvalue weighted by molar-refractivity contribution is 8.00. The molecule has 152 valence electrons. The van der Waals surface area contributed by atoms with Crippen LogP contribution in [0.1, 0.15) is 39.5 Å². The fraction of sp³-hybridized carbons (Fsp3) is 0.667. The average Bonchev–Trinajstić information content (AvgIpc) is 2.68. The minimum Gasteiger partial charge on any atom is -0.382 e. The number of nitrogens with zero attached hydrogens (tertiary/aromatic N) is 2. The van der Waals surface area contributed by atoms with Crippen LogP contribution in [0.5, 0.6) is 0 Å². The predicted octanol–water partition coefficient (Wildman–Crippen LogP) is 2.28. The predicted molar refractivity (Wildman–Crippen MR) is 106 cm³/mol. The summed E-state index contributed by atoms with van der Waals surface area (Å²) in [5, 5.41) is 3.19. The van der Waals surface area contributed by atoms with Crippen LogP contribution >= 0.6 is 11.8 Å². The van der Waals surface area contributed by atoms with Crippen LogP contribution < -0.4 is 5.32 Å². The van der Waals surface area contributed by atoms with Gasteiger partial charge in [-0.3, -0.25) is 4.79 Å². The first-order chi connectivity index (χ1) is 12.9. The third kappa shape index (κ3) is 6.74. The van der Waals surface area contributed by atoms with Gasteiger partial charge >= 0.3 is 0 Å². The van der Waals surface area contributed by atoms with E-state index in [1.54, 1.807) is 12.1 Å². The lowest BCUT2D eigenvalue weighted by Gasteiger charge is -2.25. The molecule has 1 atom stereocenters. The van der Waals surface area contributed by atoms with Crippen LogP contribution in [0.3, 0.4) is 0 Å². The molecular formula is C18H29N3O4S2. The van der Waals surface area contributed by atoms with Gasteiger partial charge in [-0.25, -0.2) is 13.4 Å². The van der Waals surface area contributed by atoms with Crippen molar-refractivity contribution in [2.75, 3.05) is 32.8 Å². The first-order valence-electron chi connectivity index (χ1n) is 9.43. The van der Waals surface area contributed by atoms with Crippen molar-refractivity contribution in [1.82, 2.24) is 14.6 Å². The van der Waals surface area contributed by atoms with E-state index in [1.165, 1.54) is 22.3 Å². The molecule has 2 rings (SSSR count). The molecule has 1 aliphatic heterocycles. The topological polar surface area (TPSA) is 88.6 Å². The third-order valence-corrected chi connectivity index (χ3v) is 7.23. The van der Waals surface area contributed by atoms with Crippen LogP contribution in [0.4, 0.5) is 0 Å². The second-order valence-corrected chi connectivity index (χ2v) is 9.70. The lowest BCUT2D eigenvalue weighted by Crippen LogP contribution is -2.35. The number of nitrogens with one attached hydrogen (secondary N) is 1. The first kappa shape index (κ1) is 22.1. The van der Waals surface area contributed by atoms with Crippen molar-refractivity contribution in [3.8, 4) is 0 Å². The van der Waals surface area contributed by atoms with Gasteiger partial charge in [-0.15, -0.1) is 0 Å². The van der Waals surface area contributed by atoms with Crippen molar-refractivity contribution in [1.29, 1.82) is 0 Å². The zero-order valence-electron chi connectivity index (χ0n) is 16.0. The Labute approximate surface area is 166 Å². The Kier molecular flexibility index (Phi) is 9.01. The largest absolute Gasteiger partial charge is 0.382 e. The molecule has 0 spiro atoms. The molecule has 1 amide bonds. The van der Waals surface area contributed by atoms with E-state index in [9.17, 15) is 13.2 Å². The van der Waals surface area contributed by atoms with E-state index in [1.807, 2.05) is 13.8 Å². The van der Waals surface area contributed by atoms with Crippen molar-refractivity contribution < 1.29 is 17.9 Å². The Balaban J connectivity index is 1.86. The van der Waals surface area contributed by atoms with Gasteiger partial charge in [0, 0.05) is 39.0 Å². The highest BCUT2D eigenvalue weighted by atomic mass is 32.2. The van der Waals surface area contributed by atoms with Gasteiger partial charge < -0.3 is 10.1 Å². The molecule has 7 nitrogen and oxygen atoms in total. The monoisotopic (exact) mass is 415 g/mol. The van der Waals surface area contributed by atoms with E-state index >= 15 is 0 Å². The van der Waals surface area contributed by atoms with Gasteiger partial charge in [-0.1, -0.05) is 18.2 Å². The Hall–Kier alpha value is -1.16. The number of amides is 1. The Morgan fingerprint density at radius 2 is 2.07 bits per heavy atom. The average molecular weight is 416 g/mol. The van der Waals surface area contributed by atoms with E-state index in [0.717, 1.165) is 25.7 Å². The van der Waals surface area contributed by atoms with Gasteiger partial charge in [0.05, 0.1) is 10.3 Å². The Morgan fingerprint density at radius 3 is 2.70 bits per heavy atom. The van der Waals surface area contributed by atoms with Crippen LogP contribution in [0.25, 0.3) is 0 Å². The zero-order chi connectivity index (χ0) is 19.7. The number of ether oxygens (including phenoxy) is 1. The van der Waals surface area contributed by atoms with Crippen LogP contribution in [-0.2, 0) is 19.6 Å². The number of hydrogen-bond donors (Lipinski definition) is 1. The van der Waals surface area contributed by atoms with Crippen LogP contribution in [0.2, 0.25) is 0 Å². The highest BCUT2D eigenvalue weighted by Crippen LogP contribution is 2.24. The molecule has 0 bridgehead atoms. The van der Waals surface area contributed by atoms with Gasteiger partial charge in [0.2, 0.25) is 15.9 Å². The number of pyridine rings is 1. The number of aromatic nitrogens is 1. The second-order valence-electron chi connectivity index (χ2n) is 6.40. The quantitative estimate of drug-likeness (QED) is 0.466. The van der Waals surface area contributed by atoms with Gasteiger partial charge in [0.25, 0.3) is 0 Å². The van der Waals surface area contributed by atoms with Crippen molar-refractivity contribution in [3.05, 3.63) is 18.3 Å². The minimum atomic E-state index is -3.47. The SMILES string of the molecule is CCOCCCNC(=O)C(C)Sc1ccc(S(=O)(=O)N2CCCCC2)cn1. The zero-order valence-corrected chi connectivity index (χ0v) is 17.7. The Morgan fingerprint density at radius 1 is 1.33 bits per heavy atom. The normalized spacial score (nSPS) is 16.8. The molecule has 0 saturated carbocycles. The number of carbonyl (C=O) groups excluding carboxylic acids is 1. The van der Waals surface area contributed by atoms with Crippen LogP contribution in [0, 0.1) is 0 Å². The van der Waals surface area contributed by atoms with E-state index in [4.69, 9.17) is 4.74 Å². The fourth-order valence-electron chi connectivity index (χ4n) is 2.75. The van der Waals surface area contributed by atoms with Gasteiger partial charge in [0.15, 0.2) is 0 Å². The number of thioether (sulfide) groups is 1. The number of piperidine rings is 1. The molecule has 1 aromatic heterocycles. The molecule has 1 aromatic rings. The lowest BCUT2D eigenvalue weighted by molar-refractivity contribution is -0.120. The summed E-state index contributed by atoms with van der Waals surface area (Å²) in [6.07, 6.45) is 5.04. The molecule has 1 unspecified atom stereocenters. The van der Waals surface area contributed by atoms with Crippen molar-refractivity contribution in [2.24, 2.45) is 0 Å². The number of sulfonamides is 1. The summed E-state index contributed by atoms with van der Waals surface area (Å²) < 4.78 is 32.0. The van der Waals surface area contributed by atoms with Crippen LogP contribution in [-0.4, -0.2) is 61.7 Å². The van der Waals surface area contributed by atoms with Gasteiger partial charge in [0.1, 0.15) is 4.90 Å². The molecular weight excluding hydrogens is 386 g/mol. The summed E-state index contributed by atoms with van der Waals surface area (Å²) in [6.45, 7) is 6.76. The van der Waals surface area contributed by atoms with Gasteiger partial charge in [-0.05, 0) is 45.2 Å². The molecule has 0 aliphatic carbocycles. The number of rotatable bonds is 10. The fourth-order valence-corrected chi connectivity index (χ4v) is 5.03.